The van der Waals surface area contributed by atoms with Crippen LogP contribution in [-0.4, -0.2) is 33.8 Å². The Balaban J connectivity index is 1.81. The highest BCUT2D eigenvalue weighted by molar-refractivity contribution is 5.99. The minimum atomic E-state index is -0.584. The molecule has 0 atom stereocenters. The van der Waals surface area contributed by atoms with Gasteiger partial charge in [-0.1, -0.05) is 0 Å². The van der Waals surface area contributed by atoms with Crippen LogP contribution in [0.15, 0.2) is 47.6 Å². The number of nitro groups is 1. The summed E-state index contributed by atoms with van der Waals surface area (Å²) in [5, 5.41) is 25.2. The van der Waals surface area contributed by atoms with E-state index in [1.807, 2.05) is 12.1 Å². The lowest BCUT2D eigenvalue weighted by Crippen LogP contribution is -2.20. The van der Waals surface area contributed by atoms with Crippen molar-refractivity contribution in [3.8, 4) is 11.5 Å². The number of fused-ring (bicyclic) bond motifs is 1. The van der Waals surface area contributed by atoms with Gasteiger partial charge < -0.3 is 14.4 Å². The monoisotopic (exact) mass is 368 g/mol. The number of methoxy groups -OCH3 is 1. The molecule has 0 bridgehead atoms. The number of nitrogens with zero attached hydrogens (tertiary/aromatic N) is 3. The molecular weight excluding hydrogens is 352 g/mol. The molecule has 9 heteroatoms. The summed E-state index contributed by atoms with van der Waals surface area (Å²) in [6.07, 6.45) is 1.14. The number of benzene rings is 2. The number of nitro benzene ring substituents is 1. The number of hydrogen-bond donors (Lipinski definition) is 2. The summed E-state index contributed by atoms with van der Waals surface area (Å²) in [4.78, 5) is 22.6. The lowest BCUT2D eigenvalue weighted by Gasteiger charge is -2.03. The van der Waals surface area contributed by atoms with Gasteiger partial charge in [0.15, 0.2) is 0 Å². The molecule has 0 fully saturated rings. The number of ether oxygens (including phenoxy) is 1. The number of phenolic OH excluding ortho intramolecular Hbond substituents is 1. The van der Waals surface area contributed by atoms with Gasteiger partial charge in [-0.05, 0) is 30.3 Å². The van der Waals surface area contributed by atoms with Gasteiger partial charge in [0.1, 0.15) is 17.2 Å². The van der Waals surface area contributed by atoms with Crippen LogP contribution < -0.4 is 10.2 Å². The number of rotatable bonds is 5. The Morgan fingerprint density at radius 1 is 1.30 bits per heavy atom. The van der Waals surface area contributed by atoms with Crippen molar-refractivity contribution in [1.29, 1.82) is 0 Å². The molecule has 0 aliphatic heterocycles. The molecule has 138 valence electrons. The fourth-order valence-corrected chi connectivity index (χ4v) is 2.65. The molecule has 0 spiro atoms. The summed E-state index contributed by atoms with van der Waals surface area (Å²) in [5.74, 6) is 0.0309. The van der Waals surface area contributed by atoms with E-state index in [1.165, 1.54) is 12.1 Å². The van der Waals surface area contributed by atoms with E-state index in [9.17, 15) is 20.0 Å². The molecule has 0 aliphatic carbocycles. The number of phenols is 1. The third-order valence-corrected chi connectivity index (χ3v) is 4.07. The first-order chi connectivity index (χ1) is 12.9. The third kappa shape index (κ3) is 3.56. The standard InChI is InChI=1S/C18H16N4O5/c1-21-15-5-4-14(27-2)8-11(15)9-16(21)18(24)20-19-10-12-7-13(22(25)26)3-6-17(12)23/h3-10,23H,1-2H3,(H,20,24)/b19-10+. The minimum Gasteiger partial charge on any atom is -0.507 e. The Bertz CT molecular complexity index is 1070. The van der Waals surface area contributed by atoms with Crippen LogP contribution in [0, 0.1) is 10.1 Å². The van der Waals surface area contributed by atoms with Crippen LogP contribution in [0.5, 0.6) is 11.5 Å². The van der Waals surface area contributed by atoms with Gasteiger partial charge in [0.2, 0.25) is 0 Å². The maximum atomic E-state index is 12.4. The van der Waals surface area contributed by atoms with Crippen LogP contribution >= 0.6 is 0 Å². The van der Waals surface area contributed by atoms with Gasteiger partial charge in [0, 0.05) is 35.6 Å². The zero-order chi connectivity index (χ0) is 19.6. The predicted molar refractivity (Wildman–Crippen MR) is 99.3 cm³/mol. The number of non-ortho nitro benzene ring substituents is 1. The number of amides is 1. The van der Waals surface area contributed by atoms with Crippen molar-refractivity contribution in [3.05, 3.63) is 63.8 Å². The Labute approximate surface area is 153 Å². The van der Waals surface area contributed by atoms with Gasteiger partial charge in [-0.3, -0.25) is 14.9 Å². The molecule has 2 aromatic carbocycles. The normalized spacial score (nSPS) is 11.0. The lowest BCUT2D eigenvalue weighted by molar-refractivity contribution is -0.384. The number of nitrogens with one attached hydrogen (secondary N) is 1. The third-order valence-electron chi connectivity index (χ3n) is 4.07. The minimum absolute atomic E-state index is 0.117. The largest absolute Gasteiger partial charge is 0.507 e. The van der Waals surface area contributed by atoms with Crippen molar-refractivity contribution in [2.75, 3.05) is 7.11 Å². The van der Waals surface area contributed by atoms with E-state index in [0.29, 0.717) is 11.4 Å². The zero-order valence-electron chi connectivity index (χ0n) is 14.5. The van der Waals surface area contributed by atoms with Crippen LogP contribution in [0.25, 0.3) is 10.9 Å². The summed E-state index contributed by atoms with van der Waals surface area (Å²) in [7, 11) is 3.32. The lowest BCUT2D eigenvalue weighted by atomic mass is 10.2. The molecule has 1 aromatic heterocycles. The number of aryl methyl sites for hydroxylation is 1. The second kappa shape index (κ2) is 7.16. The van der Waals surface area contributed by atoms with Crippen molar-refractivity contribution in [2.24, 2.45) is 12.1 Å². The first kappa shape index (κ1) is 17.9. The topological polar surface area (TPSA) is 119 Å². The average molecular weight is 368 g/mol. The van der Waals surface area contributed by atoms with Crippen molar-refractivity contribution in [1.82, 2.24) is 9.99 Å². The smallest absolute Gasteiger partial charge is 0.287 e. The van der Waals surface area contributed by atoms with E-state index in [0.717, 1.165) is 23.2 Å². The van der Waals surface area contributed by atoms with Crippen molar-refractivity contribution < 1.29 is 19.6 Å². The summed E-state index contributed by atoms with van der Waals surface area (Å²) in [5.41, 5.74) is 3.50. The van der Waals surface area contributed by atoms with E-state index in [1.54, 1.807) is 30.9 Å². The average Bonchev–Trinajstić information content (AvgIpc) is 2.99. The maximum Gasteiger partial charge on any atom is 0.287 e. The Kier molecular flexibility index (Phi) is 4.75. The number of hydrogen-bond acceptors (Lipinski definition) is 6. The molecule has 0 aliphatic rings. The fraction of sp³-hybridized carbons (Fsp3) is 0.111. The Morgan fingerprint density at radius 2 is 2.07 bits per heavy atom. The zero-order valence-corrected chi connectivity index (χ0v) is 14.5. The number of aromatic hydroxyl groups is 1. The molecule has 3 rings (SSSR count). The summed E-state index contributed by atoms with van der Waals surface area (Å²) < 4.78 is 6.89. The molecule has 2 N–H and O–H groups in total. The van der Waals surface area contributed by atoms with Crippen LogP contribution in [0.3, 0.4) is 0 Å². The highest BCUT2D eigenvalue weighted by atomic mass is 16.6. The fourth-order valence-electron chi connectivity index (χ4n) is 2.65. The molecule has 0 radical (unpaired) electrons. The van der Waals surface area contributed by atoms with Crippen LogP contribution in [0.1, 0.15) is 16.1 Å². The van der Waals surface area contributed by atoms with Crippen molar-refractivity contribution in [3.63, 3.8) is 0 Å². The molecule has 0 saturated carbocycles. The van der Waals surface area contributed by atoms with Gasteiger partial charge in [0.05, 0.1) is 18.2 Å². The van der Waals surface area contributed by atoms with Crippen LogP contribution in [0.2, 0.25) is 0 Å². The first-order valence-corrected chi connectivity index (χ1v) is 7.85. The van der Waals surface area contributed by atoms with E-state index in [-0.39, 0.29) is 17.0 Å². The van der Waals surface area contributed by atoms with E-state index in [2.05, 4.69) is 10.5 Å². The number of carbonyl (C=O) groups excluding carboxylic acids is 1. The van der Waals surface area contributed by atoms with E-state index in [4.69, 9.17) is 4.74 Å². The highest BCUT2D eigenvalue weighted by Crippen LogP contribution is 2.24. The summed E-state index contributed by atoms with van der Waals surface area (Å²) in [6, 6.07) is 10.7. The van der Waals surface area contributed by atoms with E-state index >= 15 is 0 Å². The Morgan fingerprint density at radius 3 is 2.78 bits per heavy atom. The molecule has 9 nitrogen and oxygen atoms in total. The predicted octanol–water partition coefficient (Wildman–Crippen LogP) is 2.56. The Hall–Kier alpha value is -3.88. The number of aromatic nitrogens is 1. The molecule has 1 heterocycles. The van der Waals surface area contributed by atoms with Gasteiger partial charge in [-0.2, -0.15) is 5.10 Å². The summed E-state index contributed by atoms with van der Waals surface area (Å²) >= 11 is 0. The molecule has 0 saturated heterocycles. The van der Waals surface area contributed by atoms with E-state index < -0.39 is 10.8 Å². The van der Waals surface area contributed by atoms with Gasteiger partial charge in [-0.15, -0.1) is 0 Å². The molecule has 1 amide bonds. The maximum absolute atomic E-state index is 12.4. The van der Waals surface area contributed by atoms with Gasteiger partial charge in [0.25, 0.3) is 11.6 Å². The van der Waals surface area contributed by atoms with Crippen molar-refractivity contribution in [2.45, 2.75) is 0 Å². The van der Waals surface area contributed by atoms with Crippen LogP contribution in [0.4, 0.5) is 5.69 Å². The highest BCUT2D eigenvalue weighted by Gasteiger charge is 2.14. The van der Waals surface area contributed by atoms with Crippen LogP contribution in [-0.2, 0) is 7.05 Å². The second-order valence-corrected chi connectivity index (χ2v) is 5.71. The summed E-state index contributed by atoms with van der Waals surface area (Å²) in [6.45, 7) is 0. The van der Waals surface area contributed by atoms with Gasteiger partial charge in [-0.25, -0.2) is 5.43 Å². The molecule has 3 aromatic rings. The second-order valence-electron chi connectivity index (χ2n) is 5.71. The molecule has 27 heavy (non-hydrogen) atoms. The molecular formula is C18H16N4O5. The first-order valence-electron chi connectivity index (χ1n) is 7.85. The van der Waals surface area contributed by atoms with Gasteiger partial charge >= 0.3 is 0 Å². The number of carbonyl (C=O) groups is 1. The SMILES string of the molecule is COc1ccc2c(c1)cc(C(=O)N/N=C/c1cc([N+](=O)[O-])ccc1O)n2C. The van der Waals surface area contributed by atoms with Crippen molar-refractivity contribution >= 4 is 28.7 Å². The molecule has 0 unspecified atom stereocenters. The number of hydrazone groups is 1. The quantitative estimate of drug-likeness (QED) is 0.407.